The molecule has 1 amide bonds. The Labute approximate surface area is 106 Å². The molecule has 5 heteroatoms. The molecule has 2 N–H and O–H groups in total. The van der Waals surface area contributed by atoms with Crippen molar-refractivity contribution in [1.29, 1.82) is 0 Å². The van der Waals surface area contributed by atoms with Gasteiger partial charge in [0, 0.05) is 11.3 Å². The van der Waals surface area contributed by atoms with Gasteiger partial charge in [-0.1, -0.05) is 12.7 Å². The molecule has 5 nitrogen and oxygen atoms in total. The third-order valence-corrected chi connectivity index (χ3v) is 2.11. The maximum absolute atomic E-state index is 11.3. The first-order valence-electron chi connectivity index (χ1n) is 5.62. The van der Waals surface area contributed by atoms with Crippen LogP contribution >= 0.6 is 0 Å². The minimum absolute atomic E-state index is 0.149. The fraction of sp³-hybridized carbons (Fsp3) is 0.308. The first kappa shape index (κ1) is 14.1. The van der Waals surface area contributed by atoms with Gasteiger partial charge in [-0.3, -0.25) is 5.32 Å². The Kier molecular flexibility index (Phi) is 5.73. The molecule has 0 aliphatic rings. The van der Waals surface area contributed by atoms with E-state index in [1.165, 1.54) is 6.08 Å². The third kappa shape index (κ3) is 4.10. The van der Waals surface area contributed by atoms with Crippen molar-refractivity contribution in [2.24, 2.45) is 0 Å². The summed E-state index contributed by atoms with van der Waals surface area (Å²) in [5.41, 5.74) is 1.15. The van der Waals surface area contributed by atoms with Gasteiger partial charge in [-0.25, -0.2) is 4.79 Å². The second kappa shape index (κ2) is 7.34. The summed E-state index contributed by atoms with van der Waals surface area (Å²) >= 11 is 0. The van der Waals surface area contributed by atoms with Crippen molar-refractivity contribution in [2.45, 2.75) is 13.5 Å². The highest BCUT2D eigenvalue weighted by atomic mass is 16.5. The van der Waals surface area contributed by atoms with Crippen molar-refractivity contribution < 1.29 is 19.4 Å². The van der Waals surface area contributed by atoms with Crippen molar-refractivity contribution in [3.8, 4) is 5.75 Å². The zero-order valence-electron chi connectivity index (χ0n) is 10.3. The van der Waals surface area contributed by atoms with Crippen LogP contribution in [0, 0.1) is 0 Å². The number of benzene rings is 1. The van der Waals surface area contributed by atoms with Gasteiger partial charge in [0.15, 0.2) is 0 Å². The summed E-state index contributed by atoms with van der Waals surface area (Å²) in [5, 5.41) is 11.8. The lowest BCUT2D eigenvalue weighted by atomic mass is 10.2. The van der Waals surface area contributed by atoms with E-state index in [2.05, 4.69) is 11.9 Å². The van der Waals surface area contributed by atoms with Gasteiger partial charge in [0.2, 0.25) is 0 Å². The number of aliphatic hydroxyl groups excluding tert-OH is 1. The summed E-state index contributed by atoms with van der Waals surface area (Å²) in [7, 11) is 0. The molecule has 18 heavy (non-hydrogen) atoms. The fourth-order valence-electron chi connectivity index (χ4n) is 1.37. The zero-order chi connectivity index (χ0) is 13.4. The quantitative estimate of drug-likeness (QED) is 0.761. The third-order valence-electron chi connectivity index (χ3n) is 2.11. The molecule has 0 heterocycles. The van der Waals surface area contributed by atoms with Crippen molar-refractivity contribution in [1.82, 2.24) is 0 Å². The summed E-state index contributed by atoms with van der Waals surface area (Å²) in [4.78, 5) is 11.3. The van der Waals surface area contributed by atoms with Gasteiger partial charge in [-0.15, -0.1) is 0 Å². The molecule has 0 unspecified atom stereocenters. The summed E-state index contributed by atoms with van der Waals surface area (Å²) in [6.45, 7) is 5.81. The van der Waals surface area contributed by atoms with Crippen LogP contribution in [0.1, 0.15) is 12.5 Å². The second-order valence-corrected chi connectivity index (χ2v) is 3.43. The van der Waals surface area contributed by atoms with E-state index in [1.54, 1.807) is 18.2 Å². The Morgan fingerprint density at radius 2 is 2.33 bits per heavy atom. The summed E-state index contributed by atoms with van der Waals surface area (Å²) in [6.07, 6.45) is 0.916. The van der Waals surface area contributed by atoms with E-state index in [9.17, 15) is 9.90 Å². The molecular formula is C13H17NO4. The predicted octanol–water partition coefficient (Wildman–Crippen LogP) is 2.31. The monoisotopic (exact) mass is 251 g/mol. The highest BCUT2D eigenvalue weighted by Gasteiger charge is 2.07. The second-order valence-electron chi connectivity index (χ2n) is 3.43. The molecule has 0 saturated carbocycles. The van der Waals surface area contributed by atoms with Gasteiger partial charge < -0.3 is 14.6 Å². The van der Waals surface area contributed by atoms with Crippen LogP contribution in [-0.2, 0) is 11.3 Å². The molecule has 98 valence electrons. The summed E-state index contributed by atoms with van der Waals surface area (Å²) < 4.78 is 10.1. The standard InChI is InChI=1S/C13H17NO4/c1-3-7-18-13(16)14-11-5-6-12(17-4-2)10(8-11)9-15/h3,5-6,8,15H,1,4,7,9H2,2H3,(H,14,16). The molecular weight excluding hydrogens is 234 g/mol. The molecule has 0 aromatic heterocycles. The topological polar surface area (TPSA) is 67.8 Å². The van der Waals surface area contributed by atoms with Gasteiger partial charge in [0.25, 0.3) is 0 Å². The van der Waals surface area contributed by atoms with Crippen LogP contribution in [-0.4, -0.2) is 24.4 Å². The van der Waals surface area contributed by atoms with Crippen molar-refractivity contribution in [3.63, 3.8) is 0 Å². The van der Waals surface area contributed by atoms with Crippen LogP contribution in [0.3, 0.4) is 0 Å². The SMILES string of the molecule is C=CCOC(=O)Nc1ccc(OCC)c(CO)c1. The van der Waals surface area contributed by atoms with Crippen LogP contribution in [0.2, 0.25) is 0 Å². The van der Waals surface area contributed by atoms with Crippen molar-refractivity contribution >= 4 is 11.8 Å². The molecule has 0 saturated heterocycles. The minimum Gasteiger partial charge on any atom is -0.494 e. The number of ether oxygens (including phenoxy) is 2. The normalized spacial score (nSPS) is 9.67. The Morgan fingerprint density at radius 3 is 2.94 bits per heavy atom. The number of nitrogens with one attached hydrogen (secondary N) is 1. The van der Waals surface area contributed by atoms with Gasteiger partial charge in [0.05, 0.1) is 13.2 Å². The number of aliphatic hydroxyl groups is 1. The zero-order valence-corrected chi connectivity index (χ0v) is 10.3. The van der Waals surface area contributed by atoms with Crippen LogP contribution in [0.5, 0.6) is 5.75 Å². The van der Waals surface area contributed by atoms with E-state index in [0.717, 1.165) is 0 Å². The number of carbonyl (C=O) groups is 1. The van der Waals surface area contributed by atoms with E-state index in [1.807, 2.05) is 6.92 Å². The smallest absolute Gasteiger partial charge is 0.411 e. The highest BCUT2D eigenvalue weighted by Crippen LogP contribution is 2.23. The lowest BCUT2D eigenvalue weighted by molar-refractivity contribution is 0.174. The summed E-state index contributed by atoms with van der Waals surface area (Å²) in [6, 6.07) is 5.01. The molecule has 0 aliphatic carbocycles. The van der Waals surface area contributed by atoms with Crippen LogP contribution in [0.4, 0.5) is 10.5 Å². The molecule has 0 atom stereocenters. The predicted molar refractivity (Wildman–Crippen MR) is 68.7 cm³/mol. The van der Waals surface area contributed by atoms with E-state index in [0.29, 0.717) is 23.6 Å². The first-order valence-corrected chi connectivity index (χ1v) is 5.62. The molecule has 0 bridgehead atoms. The number of anilines is 1. The van der Waals surface area contributed by atoms with E-state index in [4.69, 9.17) is 9.47 Å². The number of hydrogen-bond donors (Lipinski definition) is 2. The lowest BCUT2D eigenvalue weighted by Gasteiger charge is -2.11. The van der Waals surface area contributed by atoms with Crippen molar-refractivity contribution in [2.75, 3.05) is 18.5 Å². The van der Waals surface area contributed by atoms with Gasteiger partial charge in [0.1, 0.15) is 12.4 Å². The van der Waals surface area contributed by atoms with Crippen LogP contribution in [0.25, 0.3) is 0 Å². The van der Waals surface area contributed by atoms with E-state index >= 15 is 0 Å². The molecule has 0 radical (unpaired) electrons. The molecule has 0 aliphatic heterocycles. The Hall–Kier alpha value is -2.01. The number of carbonyl (C=O) groups excluding carboxylic acids is 1. The number of amides is 1. The molecule has 0 fully saturated rings. The molecule has 1 rings (SSSR count). The Bertz CT molecular complexity index is 417. The molecule has 0 spiro atoms. The van der Waals surface area contributed by atoms with Gasteiger partial charge in [-0.05, 0) is 25.1 Å². The van der Waals surface area contributed by atoms with E-state index < -0.39 is 6.09 Å². The van der Waals surface area contributed by atoms with E-state index in [-0.39, 0.29) is 13.2 Å². The van der Waals surface area contributed by atoms with Gasteiger partial charge >= 0.3 is 6.09 Å². The maximum Gasteiger partial charge on any atom is 0.411 e. The number of rotatable bonds is 6. The van der Waals surface area contributed by atoms with Crippen LogP contribution < -0.4 is 10.1 Å². The Morgan fingerprint density at radius 1 is 1.56 bits per heavy atom. The fourth-order valence-corrected chi connectivity index (χ4v) is 1.37. The highest BCUT2D eigenvalue weighted by molar-refractivity contribution is 5.84. The summed E-state index contributed by atoms with van der Waals surface area (Å²) in [5.74, 6) is 0.602. The van der Waals surface area contributed by atoms with Gasteiger partial charge in [-0.2, -0.15) is 0 Å². The number of hydrogen-bond acceptors (Lipinski definition) is 4. The van der Waals surface area contributed by atoms with Crippen molar-refractivity contribution in [3.05, 3.63) is 36.4 Å². The minimum atomic E-state index is -0.567. The average Bonchev–Trinajstić information content (AvgIpc) is 2.38. The first-order chi connectivity index (χ1) is 8.71. The Balaban J connectivity index is 2.72. The molecule has 1 aromatic carbocycles. The largest absolute Gasteiger partial charge is 0.494 e. The molecule has 1 aromatic rings. The maximum atomic E-state index is 11.3. The van der Waals surface area contributed by atoms with Crippen LogP contribution in [0.15, 0.2) is 30.9 Å². The lowest BCUT2D eigenvalue weighted by Crippen LogP contribution is -2.13. The average molecular weight is 251 g/mol.